The predicted molar refractivity (Wildman–Crippen MR) is 250 cm³/mol. The topological polar surface area (TPSA) is 337 Å². The van der Waals surface area contributed by atoms with Crippen molar-refractivity contribution in [3.8, 4) is 11.5 Å². The van der Waals surface area contributed by atoms with E-state index in [1.54, 1.807) is 0 Å². The van der Waals surface area contributed by atoms with Crippen molar-refractivity contribution in [1.29, 1.82) is 0 Å². The first-order valence-corrected chi connectivity index (χ1v) is 29.1. The second-order valence-electron chi connectivity index (χ2n) is 16.3. The molecule has 2 aromatic rings. The highest BCUT2D eigenvalue weighted by atomic mass is 32.3. The van der Waals surface area contributed by atoms with E-state index in [9.17, 15) is 137 Å². The molecule has 0 heterocycles. The van der Waals surface area contributed by atoms with Gasteiger partial charge in [-0.05, 0) is 61.2 Å². The third kappa shape index (κ3) is 18.0. The largest absolute Gasteiger partial charge is 0.512 e. The third-order valence-corrected chi connectivity index (χ3v) is 17.5. The first-order chi connectivity index (χ1) is 37.2. The van der Waals surface area contributed by atoms with Gasteiger partial charge in [0.1, 0.15) is 30.8 Å². The summed E-state index contributed by atoms with van der Waals surface area (Å²) in [6.07, 6.45) is -3.57. The van der Waals surface area contributed by atoms with Crippen LogP contribution in [0.15, 0.2) is 72.8 Å². The Morgan fingerprint density at radius 2 is 1.00 bits per heavy atom. The number of Topliss-reactive ketones (excluding diaryl/α,β-unsaturated/α-hetero) is 2. The Morgan fingerprint density at radius 1 is 0.578 bits per heavy atom. The highest BCUT2D eigenvalue weighted by Gasteiger charge is 2.84. The van der Waals surface area contributed by atoms with Gasteiger partial charge in [0, 0.05) is 31.4 Å². The number of amides is 1. The number of carbonyl (C=O) groups is 5. The van der Waals surface area contributed by atoms with Crippen molar-refractivity contribution < 1.29 is 155 Å². The van der Waals surface area contributed by atoms with Gasteiger partial charge in [0.2, 0.25) is 15.7 Å². The quantitative estimate of drug-likeness (QED) is 0.0301. The van der Waals surface area contributed by atoms with Crippen LogP contribution in [0.1, 0.15) is 51.2 Å². The zero-order valence-corrected chi connectivity index (χ0v) is 46.0. The lowest BCUT2D eigenvalue weighted by Gasteiger charge is -2.31. The van der Waals surface area contributed by atoms with E-state index in [-0.39, 0.29) is 61.3 Å². The van der Waals surface area contributed by atoms with Gasteiger partial charge in [0.05, 0.1) is 12.2 Å². The molecule has 0 fully saturated rings. The van der Waals surface area contributed by atoms with Crippen LogP contribution >= 0.6 is 0 Å². The number of sulfone groups is 1. The van der Waals surface area contributed by atoms with Crippen LogP contribution in [0.25, 0.3) is 0 Å². The molecule has 0 aromatic heterocycles. The second-order valence-corrected chi connectivity index (χ2v) is 25.5. The summed E-state index contributed by atoms with van der Waals surface area (Å²) < 4.78 is 335. The molecule has 42 heteroatoms. The number of nitrogens with one attached hydrogen (secondary N) is 2. The highest BCUT2D eigenvalue weighted by molar-refractivity contribution is 8.05. The Balaban J connectivity index is 0.000000872. The number of allylic oxidation sites excluding steroid dienone is 1. The van der Waals surface area contributed by atoms with Crippen LogP contribution in [-0.4, -0.2) is 147 Å². The summed E-state index contributed by atoms with van der Waals surface area (Å²) in [6.45, 7) is 9.22. The molecule has 0 saturated heterocycles. The van der Waals surface area contributed by atoms with Crippen molar-refractivity contribution in [1.82, 2.24) is 9.44 Å². The van der Waals surface area contributed by atoms with Crippen LogP contribution in [0, 0.1) is 0 Å². The van der Waals surface area contributed by atoms with Crippen LogP contribution in [0.4, 0.5) is 65.9 Å². The van der Waals surface area contributed by atoms with Gasteiger partial charge in [0.15, 0.2) is 11.6 Å². The average molecular weight is 1330 g/mol. The Kier molecular flexibility index (Phi) is 24.6. The fraction of sp³-hybridized carbons (Fsp3) is 0.488. The monoisotopic (exact) mass is 1330 g/mol. The van der Waals surface area contributed by atoms with Crippen molar-refractivity contribution >= 4 is 79.5 Å². The van der Waals surface area contributed by atoms with E-state index in [4.69, 9.17) is 4.74 Å². The minimum atomic E-state index is -7.92. The lowest BCUT2D eigenvalue weighted by atomic mass is 10.00. The van der Waals surface area contributed by atoms with E-state index < -0.39 is 158 Å². The smallest absolute Gasteiger partial charge is 0.462 e. The molecule has 0 aliphatic carbocycles. The number of carbonyl (C=O) groups excluding carboxylic acids is 5. The summed E-state index contributed by atoms with van der Waals surface area (Å²) >= 11 is 0. The molecule has 83 heavy (non-hydrogen) atoms. The maximum atomic E-state index is 14.2. The number of aliphatic hydroxyl groups is 1. The summed E-state index contributed by atoms with van der Waals surface area (Å²) in [4.78, 5) is 58.1. The maximum Gasteiger partial charge on any atom is 0.512 e. The van der Waals surface area contributed by atoms with Gasteiger partial charge in [-0.15, -0.1) is 0 Å². The highest BCUT2D eigenvalue weighted by Crippen LogP contribution is 2.53. The zero-order valence-electron chi connectivity index (χ0n) is 41.9. The second kappa shape index (κ2) is 27.3. The Bertz CT molecular complexity index is 3330. The summed E-state index contributed by atoms with van der Waals surface area (Å²) in [5.41, 5.74) is -6.26. The van der Waals surface area contributed by atoms with Gasteiger partial charge in [-0.1, -0.05) is 48.5 Å². The first kappa shape index (κ1) is 74.9. The van der Waals surface area contributed by atoms with Gasteiger partial charge in [-0.3, -0.25) is 19.2 Å². The predicted octanol–water partition coefficient (Wildman–Crippen LogP) is 4.75. The number of aliphatic hydroxyl groups excluding tert-OH is 1. The molecular formula is C41H43F15N2O20S5. The van der Waals surface area contributed by atoms with E-state index in [1.807, 2.05) is 0 Å². The van der Waals surface area contributed by atoms with E-state index in [0.717, 1.165) is 24.3 Å². The molecule has 22 nitrogen and oxygen atoms in total. The van der Waals surface area contributed by atoms with Crippen molar-refractivity contribution in [3.05, 3.63) is 84.0 Å². The molecule has 0 aliphatic heterocycles. The number of esters is 2. The first-order valence-electron chi connectivity index (χ1n) is 21.7. The average Bonchev–Trinajstić information content (AvgIpc) is 1.44. The van der Waals surface area contributed by atoms with Crippen LogP contribution < -0.4 is 17.8 Å². The molecule has 0 bridgehead atoms. The molecule has 3 N–H and O–H groups in total. The summed E-state index contributed by atoms with van der Waals surface area (Å²) in [5, 5.41) is -15.8. The van der Waals surface area contributed by atoms with Gasteiger partial charge >= 0.3 is 80.6 Å². The van der Waals surface area contributed by atoms with Gasteiger partial charge in [-0.2, -0.15) is 82.7 Å². The number of hydrogen-bond acceptors (Lipinski definition) is 20. The van der Waals surface area contributed by atoms with Gasteiger partial charge < -0.3 is 28.3 Å². The minimum absolute atomic E-state index is 0.0410. The number of ether oxygens (including phenoxy) is 2. The van der Waals surface area contributed by atoms with Crippen molar-refractivity contribution in [3.63, 3.8) is 0 Å². The molecule has 472 valence electrons. The maximum absolute atomic E-state index is 14.2. The van der Waals surface area contributed by atoms with E-state index in [1.165, 1.54) is 13.8 Å². The number of halogens is 15. The van der Waals surface area contributed by atoms with Crippen molar-refractivity contribution in [2.24, 2.45) is 0 Å². The molecule has 2 aromatic carbocycles. The lowest BCUT2D eigenvalue weighted by molar-refractivity contribution is -0.245. The molecule has 1 unspecified atom stereocenters. The molecule has 1 atom stereocenters. The molecule has 0 saturated carbocycles. The number of alkyl halides is 15. The van der Waals surface area contributed by atoms with Crippen LogP contribution in [0.5, 0.6) is 11.5 Å². The minimum Gasteiger partial charge on any atom is -0.462 e. The molecule has 0 radical (unpaired) electrons. The molecule has 2 rings (SSSR count). The summed E-state index contributed by atoms with van der Waals surface area (Å²) in [5.74, 6) is -22.1. The van der Waals surface area contributed by atoms with Gasteiger partial charge in [-0.25, -0.2) is 30.0 Å². The Morgan fingerprint density at radius 3 is 1.41 bits per heavy atom. The number of ketones is 2. The number of sulfonamides is 2. The third-order valence-electron chi connectivity index (χ3n) is 9.81. The Labute approximate surface area is 460 Å². The number of rotatable bonds is 31. The molecular weight excluding hydrogens is 1290 g/mol. The summed E-state index contributed by atoms with van der Waals surface area (Å²) in [6, 6.07) is 5.91. The SMILES string of the molecule is C=C(C)C(=O)CC(O)C(=O)Cc1ccc(OS(=O)(=O)C(F)(F)C(F)(F)C(F)(F)S(=O)(=O)CC)cc1.C=C(C)C(=O)OCCOC(=O)CCC(=O)NCCc1ccc(OS(=O)(=O)C(F)(F)C(F)(F)C(F)(F)S(=O)(=O)NS(=O)(=O)C(F)(F)F)cc1. The normalized spacial score (nSPS) is 13.8. The molecule has 0 aliphatic rings. The molecule has 1 amide bonds. The number of hydrogen-bond donors (Lipinski definition) is 3. The van der Waals surface area contributed by atoms with E-state index in [0.29, 0.717) is 31.2 Å². The van der Waals surface area contributed by atoms with Crippen molar-refractivity contribution in [2.45, 2.75) is 97.4 Å². The van der Waals surface area contributed by atoms with Crippen molar-refractivity contribution in [2.75, 3.05) is 25.5 Å². The van der Waals surface area contributed by atoms with E-state index in [2.05, 4.69) is 31.6 Å². The summed E-state index contributed by atoms with van der Waals surface area (Å²) in [7, 11) is -35.7. The fourth-order valence-electron chi connectivity index (χ4n) is 5.09. The fourth-order valence-corrected chi connectivity index (χ4v) is 10.3. The number of benzene rings is 2. The standard InChI is InChI=1S/C22H23F9N2O12S3.C19H20F6O8S2/c1-13(2)18(36)44-12-11-43-17(35)8-7-16(34)32-10-9-14-3-5-15(6-4-14)45-48(41,42)21(27,28)19(23,24)20(25,26)46(37,38)33-47(39,40)22(29,30)31;1-4-34(29,30)18(22,23)17(20,21)19(24,25)35(31,32)33-13-7-5-12(6-8-13)9-15(27)16(28)10-14(26)11(2)3/h3-6,33H,1,7-12H2,2H3,(H,32,34);5-8,16,28H,2,4,9-10H2,1,3H3. The molecule has 0 spiro atoms. The van der Waals surface area contributed by atoms with Crippen LogP contribution in [-0.2, 0) is 96.4 Å². The van der Waals surface area contributed by atoms with Crippen LogP contribution in [0.2, 0.25) is 0 Å². The van der Waals surface area contributed by atoms with E-state index >= 15 is 0 Å². The van der Waals surface area contributed by atoms with Gasteiger partial charge in [0.25, 0.3) is 10.0 Å². The lowest BCUT2D eigenvalue weighted by Crippen LogP contribution is -2.64. The Hall–Kier alpha value is -6.11. The zero-order chi connectivity index (χ0) is 65.2. The van der Waals surface area contributed by atoms with Crippen LogP contribution in [0.3, 0.4) is 0 Å².